The number of nitrogens with zero attached hydrogens (tertiary/aromatic N) is 1. The van der Waals surface area contributed by atoms with Crippen LogP contribution in [-0.4, -0.2) is 44.0 Å². The third-order valence-corrected chi connectivity index (χ3v) is 4.57. The molecule has 0 aliphatic carbocycles. The minimum absolute atomic E-state index is 0.0268. The van der Waals surface area contributed by atoms with Gasteiger partial charge in [0, 0.05) is 23.1 Å². The Morgan fingerprint density at radius 1 is 1.62 bits per heavy atom. The highest BCUT2D eigenvalue weighted by Gasteiger charge is 2.54. The van der Waals surface area contributed by atoms with Crippen LogP contribution in [0.15, 0.2) is 22.7 Å². The molecule has 1 saturated heterocycles. The van der Waals surface area contributed by atoms with Gasteiger partial charge in [0.05, 0.1) is 25.9 Å². The van der Waals surface area contributed by atoms with E-state index in [0.29, 0.717) is 13.2 Å². The van der Waals surface area contributed by atoms with Crippen LogP contribution in [0, 0.1) is 0 Å². The topological polar surface area (TPSA) is 38.8 Å². The number of fused-ring (bicyclic) bond motifs is 3. The van der Waals surface area contributed by atoms with Crippen LogP contribution in [0.4, 0.5) is 10.1 Å². The van der Waals surface area contributed by atoms with Gasteiger partial charge in [-0.05, 0) is 24.6 Å². The van der Waals surface area contributed by atoms with E-state index in [1.165, 1.54) is 0 Å². The number of alkyl halides is 1. The monoisotopic (exact) mass is 357 g/mol. The number of carbonyl (C=O) groups excluding carboxylic acids is 1. The van der Waals surface area contributed by atoms with Crippen molar-refractivity contribution in [3.8, 4) is 0 Å². The van der Waals surface area contributed by atoms with E-state index in [9.17, 15) is 4.79 Å². The zero-order valence-corrected chi connectivity index (χ0v) is 13.4. The zero-order chi connectivity index (χ0) is 15.0. The smallest absolute Gasteiger partial charge is 0.346 e. The van der Waals surface area contributed by atoms with Crippen molar-refractivity contribution in [2.24, 2.45) is 0 Å². The Kier molecular flexibility index (Phi) is 3.92. The second-order valence-electron chi connectivity index (χ2n) is 5.32. The fraction of sp³-hybridized carbons (Fsp3) is 0.533. The molecule has 114 valence electrons. The average molecular weight is 358 g/mol. The molecule has 1 aromatic carbocycles. The van der Waals surface area contributed by atoms with E-state index in [4.69, 9.17) is 9.47 Å². The van der Waals surface area contributed by atoms with Crippen LogP contribution in [0.25, 0.3) is 0 Å². The van der Waals surface area contributed by atoms with Gasteiger partial charge in [-0.3, -0.25) is 0 Å². The molecule has 1 aromatic rings. The SMILES string of the molecule is CCOC(=O)C1(F)Cc2ccc(Br)cc2N2CCOCC21. The summed E-state index contributed by atoms with van der Waals surface area (Å²) >= 11 is 3.45. The van der Waals surface area contributed by atoms with E-state index < -0.39 is 17.7 Å². The molecule has 2 atom stereocenters. The van der Waals surface area contributed by atoms with Gasteiger partial charge in [0.25, 0.3) is 0 Å². The van der Waals surface area contributed by atoms with Gasteiger partial charge < -0.3 is 14.4 Å². The fourth-order valence-electron chi connectivity index (χ4n) is 3.08. The highest BCUT2D eigenvalue weighted by Crippen LogP contribution is 2.41. The normalized spacial score (nSPS) is 27.8. The molecule has 2 heterocycles. The number of esters is 1. The molecule has 0 aromatic heterocycles. The number of hydrogen-bond acceptors (Lipinski definition) is 4. The van der Waals surface area contributed by atoms with Gasteiger partial charge in [0.2, 0.25) is 5.67 Å². The van der Waals surface area contributed by atoms with Crippen LogP contribution in [0.5, 0.6) is 0 Å². The molecule has 0 bridgehead atoms. The number of hydrogen-bond donors (Lipinski definition) is 0. The number of benzene rings is 1. The van der Waals surface area contributed by atoms with Crippen molar-refractivity contribution in [3.63, 3.8) is 0 Å². The zero-order valence-electron chi connectivity index (χ0n) is 11.8. The van der Waals surface area contributed by atoms with Crippen LogP contribution in [0.1, 0.15) is 12.5 Å². The van der Waals surface area contributed by atoms with Crippen molar-refractivity contribution in [2.75, 3.05) is 31.3 Å². The average Bonchev–Trinajstić information content (AvgIpc) is 2.49. The van der Waals surface area contributed by atoms with Crippen molar-refractivity contribution in [2.45, 2.75) is 25.1 Å². The number of ether oxygens (including phenoxy) is 2. The fourth-order valence-corrected chi connectivity index (χ4v) is 3.43. The van der Waals surface area contributed by atoms with E-state index in [1.807, 2.05) is 23.1 Å². The Morgan fingerprint density at radius 2 is 2.43 bits per heavy atom. The first-order chi connectivity index (χ1) is 10.1. The summed E-state index contributed by atoms with van der Waals surface area (Å²) in [4.78, 5) is 14.1. The lowest BCUT2D eigenvalue weighted by molar-refractivity contribution is -0.161. The van der Waals surface area contributed by atoms with Crippen molar-refractivity contribution in [3.05, 3.63) is 28.2 Å². The molecule has 2 aliphatic rings. The molecule has 0 N–H and O–H groups in total. The summed E-state index contributed by atoms with van der Waals surface area (Å²) in [5.74, 6) is -0.793. The van der Waals surface area contributed by atoms with Crippen molar-refractivity contribution in [1.82, 2.24) is 0 Å². The predicted molar refractivity (Wildman–Crippen MR) is 80.3 cm³/mol. The van der Waals surface area contributed by atoms with Gasteiger partial charge in [-0.1, -0.05) is 22.0 Å². The van der Waals surface area contributed by atoms with E-state index in [0.717, 1.165) is 15.7 Å². The molecule has 3 rings (SSSR count). The molecule has 21 heavy (non-hydrogen) atoms. The molecular weight excluding hydrogens is 341 g/mol. The quantitative estimate of drug-likeness (QED) is 0.762. The van der Waals surface area contributed by atoms with Crippen molar-refractivity contribution in [1.29, 1.82) is 0 Å². The lowest BCUT2D eigenvalue weighted by Gasteiger charge is -2.47. The Bertz CT molecular complexity index is 568. The van der Waals surface area contributed by atoms with Gasteiger partial charge in [-0.15, -0.1) is 0 Å². The second kappa shape index (κ2) is 5.57. The second-order valence-corrected chi connectivity index (χ2v) is 6.23. The lowest BCUT2D eigenvalue weighted by Crippen LogP contribution is -2.64. The number of carbonyl (C=O) groups is 1. The van der Waals surface area contributed by atoms with Crippen LogP contribution in [-0.2, 0) is 20.7 Å². The van der Waals surface area contributed by atoms with Gasteiger partial charge >= 0.3 is 5.97 Å². The standard InChI is InChI=1S/C15H17BrFNO3/c1-2-21-14(19)15(17)8-10-3-4-11(16)7-12(10)18-5-6-20-9-13(15)18/h3-4,7,13H,2,5-6,8-9H2,1H3. The summed E-state index contributed by atoms with van der Waals surface area (Å²) in [7, 11) is 0. The lowest BCUT2D eigenvalue weighted by atomic mass is 9.82. The molecule has 6 heteroatoms. The highest BCUT2D eigenvalue weighted by atomic mass is 79.9. The van der Waals surface area contributed by atoms with E-state index >= 15 is 4.39 Å². The van der Waals surface area contributed by atoms with Gasteiger partial charge in [0.1, 0.15) is 0 Å². The Morgan fingerprint density at radius 3 is 3.19 bits per heavy atom. The number of rotatable bonds is 2. The van der Waals surface area contributed by atoms with Crippen LogP contribution in [0.3, 0.4) is 0 Å². The summed E-state index contributed by atoms with van der Waals surface area (Å²) in [5.41, 5.74) is -0.265. The van der Waals surface area contributed by atoms with Crippen LogP contribution < -0.4 is 4.90 Å². The summed E-state index contributed by atoms with van der Waals surface area (Å²) < 4.78 is 26.8. The first-order valence-electron chi connectivity index (χ1n) is 7.05. The maximum absolute atomic E-state index is 15.5. The molecule has 0 radical (unpaired) electrons. The van der Waals surface area contributed by atoms with Gasteiger partial charge in [-0.25, -0.2) is 9.18 Å². The van der Waals surface area contributed by atoms with Crippen molar-refractivity contribution >= 4 is 27.6 Å². The van der Waals surface area contributed by atoms with Crippen LogP contribution in [0.2, 0.25) is 0 Å². The first kappa shape index (κ1) is 14.8. The molecule has 2 unspecified atom stereocenters. The highest BCUT2D eigenvalue weighted by molar-refractivity contribution is 9.10. The van der Waals surface area contributed by atoms with Gasteiger partial charge in [-0.2, -0.15) is 0 Å². The van der Waals surface area contributed by atoms with E-state index in [-0.39, 0.29) is 19.6 Å². The third-order valence-electron chi connectivity index (χ3n) is 4.08. The van der Waals surface area contributed by atoms with E-state index in [2.05, 4.69) is 15.9 Å². The Labute approximate surface area is 131 Å². The Hall–Kier alpha value is -1.14. The number of morpholine rings is 1. The maximum Gasteiger partial charge on any atom is 0.346 e. The summed E-state index contributed by atoms with van der Waals surface area (Å²) in [6.07, 6.45) is 0.0268. The number of halogens is 2. The molecule has 4 nitrogen and oxygen atoms in total. The van der Waals surface area contributed by atoms with E-state index in [1.54, 1.807) is 6.92 Å². The molecule has 0 saturated carbocycles. The largest absolute Gasteiger partial charge is 0.464 e. The molecule has 0 amide bonds. The minimum atomic E-state index is -2.06. The summed E-state index contributed by atoms with van der Waals surface area (Å²) in [5, 5.41) is 0. The summed E-state index contributed by atoms with van der Waals surface area (Å²) in [6.45, 7) is 3.15. The first-order valence-corrected chi connectivity index (χ1v) is 7.84. The number of anilines is 1. The maximum atomic E-state index is 15.5. The third kappa shape index (κ3) is 2.44. The summed E-state index contributed by atoms with van der Waals surface area (Å²) in [6, 6.07) is 5.06. The minimum Gasteiger partial charge on any atom is -0.464 e. The van der Waals surface area contributed by atoms with Gasteiger partial charge in [0.15, 0.2) is 0 Å². The predicted octanol–water partition coefficient (Wildman–Crippen LogP) is 2.48. The van der Waals surface area contributed by atoms with Crippen LogP contribution >= 0.6 is 15.9 Å². The Balaban J connectivity index is 2.05. The molecule has 1 fully saturated rings. The van der Waals surface area contributed by atoms with Crippen molar-refractivity contribution < 1.29 is 18.7 Å². The molecular formula is C15H17BrFNO3. The molecule has 0 spiro atoms. The molecule has 2 aliphatic heterocycles.